The van der Waals surface area contributed by atoms with Crippen LogP contribution in [-0.2, 0) is 11.2 Å². The van der Waals surface area contributed by atoms with E-state index in [-0.39, 0.29) is 16.5 Å². The summed E-state index contributed by atoms with van der Waals surface area (Å²) in [6.07, 6.45) is 4.72. The molecule has 2 fully saturated rings. The number of aryl methyl sites for hydroxylation is 1. The second kappa shape index (κ2) is 10.5. The molecule has 2 aromatic carbocycles. The van der Waals surface area contributed by atoms with Crippen LogP contribution in [0.25, 0.3) is 11.8 Å². The van der Waals surface area contributed by atoms with E-state index in [1.807, 2.05) is 73.0 Å². The Balaban J connectivity index is 1.41. The number of benzene rings is 2. The molecule has 5 rings (SSSR count). The molecule has 0 aliphatic carbocycles. The largest absolute Gasteiger partial charge is 0.366 e. The molecule has 1 aromatic heterocycles. The minimum atomic E-state index is -0.299. The number of thiocarbonyl (C=S) groups is 1. The lowest BCUT2D eigenvalue weighted by Crippen LogP contribution is -2.30. The van der Waals surface area contributed by atoms with Gasteiger partial charge in [-0.15, -0.1) is 0 Å². The van der Waals surface area contributed by atoms with E-state index < -0.39 is 0 Å². The highest BCUT2D eigenvalue weighted by Crippen LogP contribution is 2.36. The normalized spacial score (nSPS) is 16.9. The summed E-state index contributed by atoms with van der Waals surface area (Å²) in [5.74, 6) is -0.0821. The minimum absolute atomic E-state index is 0.0821. The van der Waals surface area contributed by atoms with Gasteiger partial charge in [-0.25, -0.2) is 0 Å². The summed E-state index contributed by atoms with van der Waals surface area (Å²) in [5.41, 5.74) is 5.43. The van der Waals surface area contributed by atoms with E-state index in [2.05, 4.69) is 4.90 Å². The Morgan fingerprint density at radius 1 is 1.08 bits per heavy atom. The molecule has 7 nitrogen and oxygen atoms in total. The second-order valence-electron chi connectivity index (χ2n) is 9.36. The molecule has 0 spiro atoms. The predicted octanol–water partition coefficient (Wildman–Crippen LogP) is 6.05. The van der Waals surface area contributed by atoms with Crippen LogP contribution in [0.4, 0.5) is 11.4 Å². The molecule has 3 aromatic rings. The van der Waals surface area contributed by atoms with E-state index in [1.54, 1.807) is 11.0 Å². The number of nitro groups is 1. The van der Waals surface area contributed by atoms with Gasteiger partial charge in [-0.2, -0.15) is 0 Å². The van der Waals surface area contributed by atoms with Crippen molar-refractivity contribution in [2.75, 3.05) is 24.5 Å². The van der Waals surface area contributed by atoms with Crippen LogP contribution in [0.1, 0.15) is 35.4 Å². The van der Waals surface area contributed by atoms with Gasteiger partial charge in [0.1, 0.15) is 10.0 Å². The zero-order valence-electron chi connectivity index (χ0n) is 20.8. The van der Waals surface area contributed by atoms with Crippen LogP contribution in [0.3, 0.4) is 0 Å². The van der Waals surface area contributed by atoms with Crippen LogP contribution < -0.4 is 4.90 Å². The molecule has 2 saturated heterocycles. The van der Waals surface area contributed by atoms with Crippen LogP contribution >= 0.6 is 24.0 Å². The van der Waals surface area contributed by atoms with Gasteiger partial charge in [0.25, 0.3) is 11.6 Å². The Hall–Kier alpha value is -3.43. The number of hydrogen-bond acceptors (Lipinski definition) is 6. The van der Waals surface area contributed by atoms with Crippen molar-refractivity contribution in [1.82, 2.24) is 9.47 Å². The zero-order chi connectivity index (χ0) is 26.1. The number of amides is 1. The third kappa shape index (κ3) is 5.06. The lowest BCUT2D eigenvalue weighted by molar-refractivity contribution is -0.384. The smallest absolute Gasteiger partial charge is 0.294 e. The third-order valence-electron chi connectivity index (χ3n) is 6.96. The number of nitrogens with zero attached hydrogens (tertiary/aromatic N) is 4. The molecule has 37 heavy (non-hydrogen) atoms. The first-order chi connectivity index (χ1) is 17.8. The minimum Gasteiger partial charge on any atom is -0.366 e. The van der Waals surface area contributed by atoms with Gasteiger partial charge >= 0.3 is 0 Å². The Morgan fingerprint density at radius 2 is 1.81 bits per heavy atom. The molecule has 0 saturated carbocycles. The van der Waals surface area contributed by atoms with Crippen LogP contribution in [-0.4, -0.2) is 44.3 Å². The van der Waals surface area contributed by atoms with Gasteiger partial charge in [0.15, 0.2) is 0 Å². The molecule has 0 unspecified atom stereocenters. The van der Waals surface area contributed by atoms with Gasteiger partial charge in [-0.3, -0.25) is 19.8 Å². The third-order valence-corrected chi connectivity index (χ3v) is 8.34. The fourth-order valence-electron chi connectivity index (χ4n) is 5.07. The van der Waals surface area contributed by atoms with Gasteiger partial charge in [0, 0.05) is 37.1 Å². The Kier molecular flexibility index (Phi) is 7.17. The number of hydrogen-bond donors (Lipinski definition) is 0. The first kappa shape index (κ1) is 25.2. The highest BCUT2D eigenvalue weighted by molar-refractivity contribution is 8.26. The van der Waals surface area contributed by atoms with Gasteiger partial charge in [-0.1, -0.05) is 54.3 Å². The summed E-state index contributed by atoms with van der Waals surface area (Å²) in [6, 6.07) is 17.5. The summed E-state index contributed by atoms with van der Waals surface area (Å²) in [5, 5.41) is 11.9. The number of carbonyl (C=O) groups is 1. The topological polar surface area (TPSA) is 71.6 Å². The Morgan fingerprint density at radius 3 is 2.51 bits per heavy atom. The fourth-order valence-corrected chi connectivity index (χ4v) is 6.37. The molecular formula is C28H28N4O3S2. The lowest BCUT2D eigenvalue weighted by atomic mass is 10.1. The maximum atomic E-state index is 13.2. The Bertz CT molecular complexity index is 1410. The quantitative estimate of drug-likeness (QED) is 0.160. The van der Waals surface area contributed by atoms with Crippen molar-refractivity contribution in [3.8, 4) is 5.69 Å². The van der Waals surface area contributed by atoms with Crippen molar-refractivity contribution < 1.29 is 9.72 Å². The van der Waals surface area contributed by atoms with Gasteiger partial charge in [0.05, 0.1) is 15.5 Å². The van der Waals surface area contributed by atoms with E-state index in [1.165, 1.54) is 11.8 Å². The van der Waals surface area contributed by atoms with E-state index in [9.17, 15) is 14.9 Å². The van der Waals surface area contributed by atoms with Gasteiger partial charge in [0.2, 0.25) is 0 Å². The van der Waals surface area contributed by atoms with Crippen LogP contribution in [0.5, 0.6) is 0 Å². The molecule has 0 bridgehead atoms. The molecule has 2 aliphatic rings. The molecule has 0 atom stereocenters. The van der Waals surface area contributed by atoms with Gasteiger partial charge < -0.3 is 9.47 Å². The van der Waals surface area contributed by atoms with E-state index >= 15 is 0 Å². The molecule has 1 amide bonds. The van der Waals surface area contributed by atoms with E-state index in [4.69, 9.17) is 12.2 Å². The number of aromatic nitrogens is 1. The van der Waals surface area contributed by atoms with Crippen LogP contribution in [0, 0.1) is 24.0 Å². The summed E-state index contributed by atoms with van der Waals surface area (Å²) in [4.78, 5) is 29.1. The van der Waals surface area contributed by atoms with Crippen molar-refractivity contribution in [3.63, 3.8) is 0 Å². The first-order valence-corrected chi connectivity index (χ1v) is 13.6. The van der Waals surface area contributed by atoms with Crippen molar-refractivity contribution >= 4 is 51.7 Å². The molecule has 3 heterocycles. The predicted molar refractivity (Wildman–Crippen MR) is 153 cm³/mol. The van der Waals surface area contributed by atoms with Crippen LogP contribution in [0.15, 0.2) is 59.5 Å². The average molecular weight is 533 g/mol. The SMILES string of the molecule is Cc1cc(/C=C2\SC(=S)N(CCc3ccccc3)C2=O)c(C)n1-c1ccc(N2CCCC2)c([N+](=O)[O-])c1. The van der Waals surface area contributed by atoms with Gasteiger partial charge in [-0.05, 0) is 68.5 Å². The highest BCUT2D eigenvalue weighted by Gasteiger charge is 2.32. The maximum Gasteiger partial charge on any atom is 0.294 e. The van der Waals surface area contributed by atoms with E-state index in [0.29, 0.717) is 21.5 Å². The average Bonchev–Trinajstić information content (AvgIpc) is 3.58. The number of rotatable bonds is 7. The summed E-state index contributed by atoms with van der Waals surface area (Å²) in [6.45, 7) is 6.16. The highest BCUT2D eigenvalue weighted by atomic mass is 32.2. The first-order valence-electron chi connectivity index (χ1n) is 12.4. The number of anilines is 1. The van der Waals surface area contributed by atoms with Crippen molar-refractivity contribution in [1.29, 1.82) is 0 Å². The molecular weight excluding hydrogens is 504 g/mol. The molecule has 2 aliphatic heterocycles. The van der Waals surface area contributed by atoms with Crippen molar-refractivity contribution in [3.05, 3.63) is 92.1 Å². The number of thioether (sulfide) groups is 1. The molecule has 0 radical (unpaired) electrons. The van der Waals surface area contributed by atoms with E-state index in [0.717, 1.165) is 60.6 Å². The Labute approximate surface area is 225 Å². The summed E-state index contributed by atoms with van der Waals surface area (Å²) >= 11 is 6.84. The zero-order valence-corrected chi connectivity index (χ0v) is 22.5. The maximum absolute atomic E-state index is 13.2. The number of carbonyl (C=O) groups excluding carboxylic acids is 1. The standard InChI is InChI=1S/C28H28N4O3S2/c1-19-16-22(17-26-27(33)30(28(36)37-26)15-12-21-8-4-3-5-9-21)20(2)31(19)23-10-11-24(25(18-23)32(34)35)29-13-6-7-14-29/h3-5,8-11,16-18H,6-7,12-15H2,1-2H3/b26-17-. The van der Waals surface area contributed by atoms with Crippen LogP contribution in [0.2, 0.25) is 0 Å². The molecule has 9 heteroatoms. The van der Waals surface area contributed by atoms with Crippen molar-refractivity contribution in [2.45, 2.75) is 33.1 Å². The monoisotopic (exact) mass is 532 g/mol. The second-order valence-corrected chi connectivity index (χ2v) is 11.0. The molecule has 190 valence electrons. The fraction of sp³-hybridized carbons (Fsp3) is 0.286. The summed E-state index contributed by atoms with van der Waals surface area (Å²) in [7, 11) is 0. The lowest BCUT2D eigenvalue weighted by Gasteiger charge is -2.19. The number of nitro benzene ring substituents is 1. The summed E-state index contributed by atoms with van der Waals surface area (Å²) < 4.78 is 2.57. The molecule has 0 N–H and O–H groups in total. The van der Waals surface area contributed by atoms with Crippen molar-refractivity contribution in [2.24, 2.45) is 0 Å².